The molecule has 0 unspecified atom stereocenters. The topological polar surface area (TPSA) is 74.4 Å². The van der Waals surface area contributed by atoms with Crippen LogP contribution in [0.25, 0.3) is 33.1 Å². The molecule has 3 aromatic heterocycles. The van der Waals surface area contributed by atoms with Crippen molar-refractivity contribution in [2.75, 3.05) is 32.8 Å². The van der Waals surface area contributed by atoms with E-state index in [0.717, 1.165) is 24.9 Å². The first-order valence-electron chi connectivity index (χ1n) is 14.1. The Labute approximate surface area is 227 Å². The summed E-state index contributed by atoms with van der Waals surface area (Å²) in [5, 5.41) is 0.658. The number of aryl methyl sites for hydroxylation is 1. The lowest BCUT2D eigenvalue weighted by atomic mass is 10.0. The van der Waals surface area contributed by atoms with Gasteiger partial charge in [-0.2, -0.15) is 0 Å². The van der Waals surface area contributed by atoms with Crippen molar-refractivity contribution in [3.63, 3.8) is 0 Å². The maximum absolute atomic E-state index is 15.7. The van der Waals surface area contributed by atoms with Crippen LogP contribution in [0.15, 0.2) is 35.4 Å². The van der Waals surface area contributed by atoms with Crippen LogP contribution in [0.2, 0.25) is 0 Å². The van der Waals surface area contributed by atoms with Crippen molar-refractivity contribution in [2.24, 2.45) is 13.0 Å². The van der Waals surface area contributed by atoms with E-state index < -0.39 is 5.82 Å². The van der Waals surface area contributed by atoms with Gasteiger partial charge in [-0.25, -0.2) is 14.2 Å². The van der Waals surface area contributed by atoms with E-state index in [1.807, 2.05) is 10.6 Å². The van der Waals surface area contributed by atoms with Crippen molar-refractivity contribution in [1.29, 1.82) is 0 Å². The summed E-state index contributed by atoms with van der Waals surface area (Å²) in [5.74, 6) is 0.842. The average molecular weight is 534 g/mol. The highest BCUT2D eigenvalue weighted by atomic mass is 19.1. The van der Waals surface area contributed by atoms with Gasteiger partial charge in [-0.15, -0.1) is 0 Å². The molecule has 0 bridgehead atoms. The number of likely N-dealkylation sites (tertiary alicyclic amines) is 1. The zero-order chi connectivity index (χ0) is 27.1. The summed E-state index contributed by atoms with van der Waals surface area (Å²) >= 11 is 0. The molecule has 0 amide bonds. The van der Waals surface area contributed by atoms with Crippen molar-refractivity contribution in [3.05, 3.63) is 46.9 Å². The summed E-state index contributed by atoms with van der Waals surface area (Å²) in [6, 6.07) is 4.85. The highest BCUT2D eigenvalue weighted by molar-refractivity contribution is 6.09. The Morgan fingerprint density at radius 1 is 1.15 bits per heavy atom. The smallest absolute Gasteiger partial charge is 0.329 e. The summed E-state index contributed by atoms with van der Waals surface area (Å²) in [4.78, 5) is 24.8. The number of aromatic nitrogens is 4. The number of pyridine rings is 2. The Hall–Kier alpha value is -3.46. The predicted octanol–water partition coefficient (Wildman–Crippen LogP) is 5.32. The zero-order valence-corrected chi connectivity index (χ0v) is 23.0. The maximum atomic E-state index is 15.7. The van der Waals surface area contributed by atoms with Gasteiger partial charge in [-0.3, -0.25) is 14.1 Å². The van der Waals surface area contributed by atoms with Crippen molar-refractivity contribution in [2.45, 2.75) is 52.0 Å². The van der Waals surface area contributed by atoms with Gasteiger partial charge in [0.2, 0.25) is 5.88 Å². The van der Waals surface area contributed by atoms with Crippen LogP contribution in [0, 0.1) is 11.7 Å². The van der Waals surface area contributed by atoms with Crippen LogP contribution >= 0.6 is 0 Å². The number of piperidine rings is 1. The number of nitrogens with zero attached hydrogens (tertiary/aromatic N) is 5. The van der Waals surface area contributed by atoms with Crippen LogP contribution in [0.3, 0.4) is 0 Å². The van der Waals surface area contributed by atoms with Crippen LogP contribution in [-0.4, -0.2) is 56.9 Å². The van der Waals surface area contributed by atoms with Gasteiger partial charge in [0.15, 0.2) is 0 Å². The zero-order valence-electron chi connectivity index (χ0n) is 23.0. The molecule has 5 heterocycles. The Kier molecular flexibility index (Phi) is 7.01. The quantitative estimate of drug-likeness (QED) is 0.285. The number of benzene rings is 1. The Morgan fingerprint density at radius 2 is 1.97 bits per heavy atom. The Balaban J connectivity index is 1.33. The van der Waals surface area contributed by atoms with Crippen LogP contribution in [0.1, 0.15) is 52.0 Å². The van der Waals surface area contributed by atoms with Crippen molar-refractivity contribution in [3.8, 4) is 22.8 Å². The molecule has 0 saturated carbocycles. The third-order valence-corrected chi connectivity index (χ3v) is 7.98. The van der Waals surface area contributed by atoms with E-state index in [1.165, 1.54) is 38.4 Å². The number of imidazole rings is 1. The Morgan fingerprint density at radius 3 is 2.72 bits per heavy atom. The third kappa shape index (κ3) is 4.77. The lowest BCUT2D eigenvalue weighted by Gasteiger charge is -2.26. The van der Waals surface area contributed by atoms with Gasteiger partial charge in [0.1, 0.15) is 18.2 Å². The number of hydrogen-bond donors (Lipinski definition) is 0. The monoisotopic (exact) mass is 533 g/mol. The molecular weight excluding hydrogens is 497 g/mol. The minimum absolute atomic E-state index is 0.115. The second kappa shape index (κ2) is 10.6. The molecule has 9 heteroatoms. The molecule has 1 aromatic carbocycles. The summed E-state index contributed by atoms with van der Waals surface area (Å²) < 4.78 is 31.3. The van der Waals surface area contributed by atoms with E-state index in [0.29, 0.717) is 51.7 Å². The van der Waals surface area contributed by atoms with Crippen LogP contribution in [0.4, 0.5) is 4.39 Å². The first-order valence-corrected chi connectivity index (χ1v) is 14.1. The lowest BCUT2D eigenvalue weighted by Crippen LogP contribution is -2.31. The molecule has 1 atom stereocenters. The number of halogens is 1. The number of hydrogen-bond acceptors (Lipinski definition) is 6. The highest BCUT2D eigenvalue weighted by Gasteiger charge is 2.30. The van der Waals surface area contributed by atoms with Gasteiger partial charge in [0.25, 0.3) is 0 Å². The van der Waals surface area contributed by atoms with Crippen molar-refractivity contribution in [1.82, 2.24) is 24.0 Å². The molecule has 0 spiro atoms. The molecule has 0 aliphatic carbocycles. The molecule has 1 saturated heterocycles. The maximum Gasteiger partial charge on any atom is 0.329 e. The van der Waals surface area contributed by atoms with Gasteiger partial charge < -0.3 is 14.4 Å². The van der Waals surface area contributed by atoms with Gasteiger partial charge >= 0.3 is 5.69 Å². The molecule has 2 aliphatic rings. The molecule has 206 valence electrons. The first-order chi connectivity index (χ1) is 18.9. The summed E-state index contributed by atoms with van der Waals surface area (Å²) in [5.41, 5.74) is 2.72. The van der Waals surface area contributed by atoms with Crippen molar-refractivity contribution < 1.29 is 13.9 Å². The fourth-order valence-corrected chi connectivity index (χ4v) is 6.10. The molecule has 1 fully saturated rings. The molecule has 0 N–H and O–H groups in total. The average Bonchev–Trinajstić information content (AvgIpc) is 3.07. The molecular formula is C30H36FN5O3. The summed E-state index contributed by atoms with van der Waals surface area (Å²) in [6.45, 7) is 8.49. The molecule has 2 aliphatic heterocycles. The predicted molar refractivity (Wildman–Crippen MR) is 150 cm³/mol. The summed E-state index contributed by atoms with van der Waals surface area (Å²) in [7, 11) is 1.75. The fraction of sp³-hybridized carbons (Fsp3) is 0.500. The highest BCUT2D eigenvalue weighted by Crippen LogP contribution is 2.44. The minimum atomic E-state index is -0.437. The number of rotatable bonds is 8. The second-order valence-electron chi connectivity index (χ2n) is 11.2. The lowest BCUT2D eigenvalue weighted by molar-refractivity contribution is 0.203. The van der Waals surface area contributed by atoms with Crippen LogP contribution in [0.5, 0.6) is 11.6 Å². The molecule has 0 radical (unpaired) electrons. The number of ether oxygens (including phenoxy) is 2. The van der Waals surface area contributed by atoms with Gasteiger partial charge in [-0.05, 0) is 50.8 Å². The van der Waals surface area contributed by atoms with E-state index in [-0.39, 0.29) is 18.3 Å². The normalized spacial score (nSPS) is 17.7. The van der Waals surface area contributed by atoms with E-state index in [2.05, 4.69) is 28.7 Å². The first kappa shape index (κ1) is 25.8. The molecule has 39 heavy (non-hydrogen) atoms. The van der Waals surface area contributed by atoms with Crippen LogP contribution < -0.4 is 15.2 Å². The van der Waals surface area contributed by atoms with Gasteiger partial charge in [-0.1, -0.05) is 20.3 Å². The van der Waals surface area contributed by atoms with Gasteiger partial charge in [0.05, 0.1) is 46.3 Å². The van der Waals surface area contributed by atoms with E-state index in [4.69, 9.17) is 9.47 Å². The third-order valence-electron chi connectivity index (χ3n) is 7.98. The Bertz CT molecular complexity index is 1550. The minimum Gasteiger partial charge on any atom is -0.490 e. The summed E-state index contributed by atoms with van der Waals surface area (Å²) in [6.07, 6.45) is 8.88. The van der Waals surface area contributed by atoms with Gasteiger partial charge in [0, 0.05) is 37.5 Å². The second-order valence-corrected chi connectivity index (χ2v) is 11.2. The molecule has 8 nitrogen and oxygen atoms in total. The van der Waals surface area contributed by atoms with E-state index in [9.17, 15) is 4.79 Å². The largest absolute Gasteiger partial charge is 0.490 e. The molecule has 6 rings (SSSR count). The molecule has 4 aromatic rings. The van der Waals surface area contributed by atoms with Crippen LogP contribution in [-0.2, 0) is 7.05 Å². The fourth-order valence-electron chi connectivity index (χ4n) is 6.10. The standard InChI is InChI=1S/C30H36FN5O3/c1-19(2)14-21-18-39-29-26(20-8-9-25(33-16-20)38-13-7-12-35-10-5-4-6-11-35)22(31)15-23-27(29)28-24(17-32-23)34(3)30(37)36(21)28/h8-9,15-17,19,21H,4-7,10-14,18H2,1-3H3/t21-/m1/s1. The van der Waals surface area contributed by atoms with E-state index >= 15 is 4.39 Å². The van der Waals surface area contributed by atoms with Crippen molar-refractivity contribution >= 4 is 21.9 Å². The van der Waals surface area contributed by atoms with E-state index in [1.54, 1.807) is 30.1 Å². The SMILES string of the molecule is CC(C)C[C@@H]1COc2c(-c3ccc(OCCCN4CCCCC4)nc3)c(F)cc3ncc4c(c23)n1c(=O)n4C.